The van der Waals surface area contributed by atoms with E-state index in [-0.39, 0.29) is 0 Å². The summed E-state index contributed by atoms with van der Waals surface area (Å²) in [6, 6.07) is 0. The third-order valence-corrected chi connectivity index (χ3v) is 4.79. The quantitative estimate of drug-likeness (QED) is 0.680. The van der Waals surface area contributed by atoms with E-state index in [1.54, 1.807) is 0 Å². The van der Waals surface area contributed by atoms with Crippen molar-refractivity contribution >= 4 is 27.5 Å². The fourth-order valence-electron chi connectivity index (χ4n) is 2.83. The average molecular weight is 379 g/mol. The van der Waals surface area contributed by atoms with Gasteiger partial charge in [-0.15, -0.1) is 0 Å². The molecule has 4 nitrogen and oxygen atoms in total. The zero-order valence-electron chi connectivity index (χ0n) is 12.9. The Hall–Kier alpha value is -0.100. The van der Waals surface area contributed by atoms with Crippen LogP contribution < -0.4 is 0 Å². The van der Waals surface area contributed by atoms with E-state index in [0.717, 1.165) is 73.8 Å². The fourth-order valence-corrected chi connectivity index (χ4v) is 3.34. The molecule has 0 unspecified atom stereocenters. The van der Waals surface area contributed by atoms with Crippen LogP contribution in [0.5, 0.6) is 0 Å². The lowest BCUT2D eigenvalue weighted by atomic mass is 10.1. The molecule has 0 radical (unpaired) electrons. The standard InChI is InChI=1S/C15H25BrClN3O/c1-3-13-15(17)14(20(4-2)18-13)11-19-8-5-12(6-9-19)21-10-7-16/h12H,3-11H2,1-2H3. The Kier molecular flexibility index (Phi) is 6.99. The van der Waals surface area contributed by atoms with Crippen molar-refractivity contribution in [1.29, 1.82) is 0 Å². The summed E-state index contributed by atoms with van der Waals surface area (Å²) in [5, 5.41) is 6.37. The Labute approximate surface area is 140 Å². The minimum Gasteiger partial charge on any atom is -0.377 e. The summed E-state index contributed by atoms with van der Waals surface area (Å²) in [6.45, 7) is 8.93. The van der Waals surface area contributed by atoms with Crippen LogP contribution in [0.1, 0.15) is 38.1 Å². The van der Waals surface area contributed by atoms with E-state index >= 15 is 0 Å². The zero-order chi connectivity index (χ0) is 15.2. The summed E-state index contributed by atoms with van der Waals surface area (Å²) in [4.78, 5) is 2.46. The molecule has 0 bridgehead atoms. The highest BCUT2D eigenvalue weighted by Gasteiger charge is 2.22. The molecule has 6 heteroatoms. The van der Waals surface area contributed by atoms with Crippen LogP contribution in [0.4, 0.5) is 0 Å². The second-order valence-corrected chi connectivity index (χ2v) is 6.58. The summed E-state index contributed by atoms with van der Waals surface area (Å²) < 4.78 is 7.85. The molecule has 1 aliphatic heterocycles. The fraction of sp³-hybridized carbons (Fsp3) is 0.800. The normalized spacial score (nSPS) is 17.5. The topological polar surface area (TPSA) is 30.3 Å². The molecule has 120 valence electrons. The number of alkyl halides is 1. The van der Waals surface area contributed by atoms with Crippen LogP contribution in [-0.4, -0.2) is 45.8 Å². The number of rotatable bonds is 7. The molecule has 21 heavy (non-hydrogen) atoms. The lowest BCUT2D eigenvalue weighted by Crippen LogP contribution is -2.37. The molecule has 2 heterocycles. The van der Waals surface area contributed by atoms with Gasteiger partial charge in [0.25, 0.3) is 0 Å². The molecule has 0 N–H and O–H groups in total. The van der Waals surface area contributed by atoms with Crippen molar-refractivity contribution in [3.05, 3.63) is 16.4 Å². The highest BCUT2D eigenvalue weighted by molar-refractivity contribution is 9.09. The van der Waals surface area contributed by atoms with Crippen LogP contribution in [-0.2, 0) is 24.2 Å². The van der Waals surface area contributed by atoms with Gasteiger partial charge < -0.3 is 4.74 Å². The first-order valence-electron chi connectivity index (χ1n) is 7.83. The molecule has 1 aliphatic rings. The van der Waals surface area contributed by atoms with E-state index in [2.05, 4.69) is 44.5 Å². The number of halogens is 2. The first kappa shape index (κ1) is 17.3. The van der Waals surface area contributed by atoms with Gasteiger partial charge in [-0.1, -0.05) is 34.5 Å². The van der Waals surface area contributed by atoms with Crippen LogP contribution >= 0.6 is 27.5 Å². The predicted molar refractivity (Wildman–Crippen MR) is 90.3 cm³/mol. The number of aromatic nitrogens is 2. The minimum atomic E-state index is 0.413. The lowest BCUT2D eigenvalue weighted by Gasteiger charge is -2.31. The van der Waals surface area contributed by atoms with E-state index < -0.39 is 0 Å². The van der Waals surface area contributed by atoms with Gasteiger partial charge in [0.15, 0.2) is 0 Å². The maximum Gasteiger partial charge on any atom is 0.0863 e. The van der Waals surface area contributed by atoms with E-state index in [1.165, 1.54) is 0 Å². The number of hydrogen-bond acceptors (Lipinski definition) is 3. The van der Waals surface area contributed by atoms with Crippen molar-refractivity contribution in [2.75, 3.05) is 25.0 Å². The molecule has 1 aromatic heterocycles. The van der Waals surface area contributed by atoms with E-state index in [9.17, 15) is 0 Å². The summed E-state index contributed by atoms with van der Waals surface area (Å²) in [7, 11) is 0. The first-order chi connectivity index (χ1) is 10.2. The summed E-state index contributed by atoms with van der Waals surface area (Å²) in [5.41, 5.74) is 2.18. The Bertz CT molecular complexity index is 444. The maximum atomic E-state index is 6.48. The number of aryl methyl sites for hydroxylation is 2. The third-order valence-electron chi connectivity index (χ3n) is 4.03. The highest BCUT2D eigenvalue weighted by Crippen LogP contribution is 2.24. The summed E-state index contributed by atoms with van der Waals surface area (Å²) >= 11 is 9.89. The largest absolute Gasteiger partial charge is 0.377 e. The molecule has 0 atom stereocenters. The van der Waals surface area contributed by atoms with Crippen molar-refractivity contribution in [1.82, 2.24) is 14.7 Å². The van der Waals surface area contributed by atoms with E-state index in [0.29, 0.717) is 6.10 Å². The van der Waals surface area contributed by atoms with Gasteiger partial charge in [0.2, 0.25) is 0 Å². The second kappa shape index (κ2) is 8.51. The van der Waals surface area contributed by atoms with Gasteiger partial charge in [0.05, 0.1) is 29.1 Å². The molecule has 0 aliphatic carbocycles. The van der Waals surface area contributed by atoms with E-state index in [1.807, 2.05) is 0 Å². The van der Waals surface area contributed by atoms with Gasteiger partial charge in [0.1, 0.15) is 0 Å². The van der Waals surface area contributed by atoms with Gasteiger partial charge in [-0.05, 0) is 26.2 Å². The van der Waals surface area contributed by atoms with Crippen molar-refractivity contribution in [2.24, 2.45) is 0 Å². The van der Waals surface area contributed by atoms with Gasteiger partial charge in [-0.2, -0.15) is 5.10 Å². The van der Waals surface area contributed by atoms with Crippen molar-refractivity contribution in [3.63, 3.8) is 0 Å². The smallest absolute Gasteiger partial charge is 0.0863 e. The molecule has 0 saturated carbocycles. The molecule has 0 aromatic carbocycles. The van der Waals surface area contributed by atoms with Crippen molar-refractivity contribution < 1.29 is 4.74 Å². The molecule has 1 aromatic rings. The van der Waals surface area contributed by atoms with Crippen molar-refractivity contribution in [2.45, 2.75) is 52.3 Å². The average Bonchev–Trinajstić information content (AvgIpc) is 2.82. The third kappa shape index (κ3) is 4.44. The number of hydrogen-bond donors (Lipinski definition) is 0. The van der Waals surface area contributed by atoms with Crippen LogP contribution in [0.3, 0.4) is 0 Å². The SMILES string of the molecule is CCc1nn(CC)c(CN2CCC(OCCBr)CC2)c1Cl. The Balaban J connectivity index is 1.93. The monoisotopic (exact) mass is 377 g/mol. The van der Waals surface area contributed by atoms with Crippen LogP contribution in [0, 0.1) is 0 Å². The van der Waals surface area contributed by atoms with E-state index in [4.69, 9.17) is 16.3 Å². The molecular weight excluding hydrogens is 354 g/mol. The Morgan fingerprint density at radius 2 is 2.05 bits per heavy atom. The Morgan fingerprint density at radius 3 is 2.62 bits per heavy atom. The zero-order valence-corrected chi connectivity index (χ0v) is 15.3. The maximum absolute atomic E-state index is 6.48. The predicted octanol–water partition coefficient (Wildman–Crippen LogP) is 3.49. The number of piperidine rings is 1. The number of nitrogens with zero attached hydrogens (tertiary/aromatic N) is 3. The van der Waals surface area contributed by atoms with Gasteiger partial charge in [-0.25, -0.2) is 0 Å². The van der Waals surface area contributed by atoms with Crippen molar-refractivity contribution in [3.8, 4) is 0 Å². The number of ether oxygens (including phenoxy) is 1. The molecule has 0 amide bonds. The minimum absolute atomic E-state index is 0.413. The van der Waals surface area contributed by atoms with Crippen LogP contribution in [0.15, 0.2) is 0 Å². The lowest BCUT2D eigenvalue weighted by molar-refractivity contribution is 0.0136. The first-order valence-corrected chi connectivity index (χ1v) is 9.33. The molecule has 1 saturated heterocycles. The summed E-state index contributed by atoms with van der Waals surface area (Å²) in [5.74, 6) is 0. The number of likely N-dealkylation sites (tertiary alicyclic amines) is 1. The molecular formula is C15H25BrClN3O. The molecule has 2 rings (SSSR count). The van der Waals surface area contributed by atoms with Crippen LogP contribution in [0.2, 0.25) is 5.02 Å². The van der Waals surface area contributed by atoms with Gasteiger partial charge in [0, 0.05) is 31.5 Å². The Morgan fingerprint density at radius 1 is 1.33 bits per heavy atom. The van der Waals surface area contributed by atoms with Gasteiger partial charge in [-0.3, -0.25) is 9.58 Å². The molecule has 1 fully saturated rings. The van der Waals surface area contributed by atoms with Gasteiger partial charge >= 0.3 is 0 Å². The van der Waals surface area contributed by atoms with Crippen LogP contribution in [0.25, 0.3) is 0 Å². The highest BCUT2D eigenvalue weighted by atomic mass is 79.9. The molecule has 0 spiro atoms. The second-order valence-electron chi connectivity index (χ2n) is 5.41. The summed E-state index contributed by atoms with van der Waals surface area (Å²) in [6.07, 6.45) is 3.51.